The number of anilines is 3. The molecule has 3 heteroatoms. The standard InChI is InChI=1S/C48H31NS2/c1-2-9-32(10-3-1)33-17-19-34(20-18-33)35-21-25-37(26-22-35)49(39-29-30-47-44(31-39)42-12-5-6-15-45(42)50-47)38-27-23-36(24-28-38)40-13-8-14-43-41-11-4-7-16-46(41)51-48(40)43/h1-31H. The molecule has 0 aliphatic carbocycles. The Balaban J connectivity index is 1.05. The van der Waals surface area contributed by atoms with Gasteiger partial charge in [-0.2, -0.15) is 0 Å². The van der Waals surface area contributed by atoms with Crippen LogP contribution in [0.1, 0.15) is 0 Å². The fourth-order valence-corrected chi connectivity index (χ4v) is 9.68. The third-order valence-corrected chi connectivity index (χ3v) is 12.3. The van der Waals surface area contributed by atoms with Gasteiger partial charge in [-0.15, -0.1) is 22.7 Å². The highest BCUT2D eigenvalue weighted by Crippen LogP contribution is 2.43. The Bertz CT molecular complexity index is 2830. The molecule has 10 rings (SSSR count). The first kappa shape index (κ1) is 29.9. The Morgan fingerprint density at radius 2 is 0.765 bits per heavy atom. The molecule has 0 fully saturated rings. The summed E-state index contributed by atoms with van der Waals surface area (Å²) in [6.45, 7) is 0. The van der Waals surface area contributed by atoms with Crippen molar-refractivity contribution in [2.24, 2.45) is 0 Å². The molecule has 0 saturated heterocycles. The van der Waals surface area contributed by atoms with Crippen molar-refractivity contribution in [3.8, 4) is 33.4 Å². The van der Waals surface area contributed by atoms with Crippen LogP contribution < -0.4 is 4.90 Å². The molecule has 240 valence electrons. The van der Waals surface area contributed by atoms with E-state index in [1.165, 1.54) is 73.7 Å². The van der Waals surface area contributed by atoms with Gasteiger partial charge in [-0.1, -0.05) is 133 Å². The lowest BCUT2D eigenvalue weighted by Crippen LogP contribution is -2.09. The maximum atomic E-state index is 2.39. The molecule has 2 aromatic heterocycles. The van der Waals surface area contributed by atoms with Crippen LogP contribution in [-0.4, -0.2) is 0 Å². The van der Waals surface area contributed by atoms with Crippen LogP contribution in [0.25, 0.3) is 73.7 Å². The number of hydrogen-bond donors (Lipinski definition) is 0. The molecule has 0 aliphatic rings. The van der Waals surface area contributed by atoms with Gasteiger partial charge in [-0.25, -0.2) is 0 Å². The number of nitrogens with zero attached hydrogens (tertiary/aromatic N) is 1. The van der Waals surface area contributed by atoms with E-state index >= 15 is 0 Å². The smallest absolute Gasteiger partial charge is 0.0468 e. The lowest BCUT2D eigenvalue weighted by molar-refractivity contribution is 1.29. The second-order valence-electron chi connectivity index (χ2n) is 12.9. The zero-order valence-electron chi connectivity index (χ0n) is 27.7. The Morgan fingerprint density at radius 3 is 1.43 bits per heavy atom. The third kappa shape index (κ3) is 5.30. The van der Waals surface area contributed by atoms with Gasteiger partial charge in [0.1, 0.15) is 0 Å². The fourth-order valence-electron chi connectivity index (χ4n) is 7.35. The summed E-state index contributed by atoms with van der Waals surface area (Å²) in [7, 11) is 0. The summed E-state index contributed by atoms with van der Waals surface area (Å²) < 4.78 is 5.29. The van der Waals surface area contributed by atoms with Crippen LogP contribution in [0.2, 0.25) is 0 Å². The van der Waals surface area contributed by atoms with E-state index < -0.39 is 0 Å². The summed E-state index contributed by atoms with van der Waals surface area (Å²) >= 11 is 3.74. The van der Waals surface area contributed by atoms with Gasteiger partial charge < -0.3 is 4.90 Å². The van der Waals surface area contributed by atoms with Crippen molar-refractivity contribution in [2.45, 2.75) is 0 Å². The van der Waals surface area contributed by atoms with Crippen molar-refractivity contribution in [3.05, 3.63) is 188 Å². The van der Waals surface area contributed by atoms with Gasteiger partial charge in [0, 0.05) is 57.4 Å². The van der Waals surface area contributed by atoms with Gasteiger partial charge in [0.2, 0.25) is 0 Å². The highest BCUT2D eigenvalue weighted by Gasteiger charge is 2.17. The highest BCUT2D eigenvalue weighted by molar-refractivity contribution is 7.26. The lowest BCUT2D eigenvalue weighted by atomic mass is 10.00. The summed E-state index contributed by atoms with van der Waals surface area (Å²) in [6.07, 6.45) is 0. The SMILES string of the molecule is c1ccc(-c2ccc(-c3ccc(N(c4ccc(-c5cccc6c5sc5ccccc56)cc4)c4ccc5sc6ccccc6c5c4)cc3)cc2)cc1. The van der Waals surface area contributed by atoms with E-state index in [2.05, 4.69) is 193 Å². The second kappa shape index (κ2) is 12.4. The molecule has 0 atom stereocenters. The van der Waals surface area contributed by atoms with E-state index in [1.807, 2.05) is 22.7 Å². The fraction of sp³-hybridized carbons (Fsp3) is 0. The van der Waals surface area contributed by atoms with E-state index in [0.29, 0.717) is 0 Å². The second-order valence-corrected chi connectivity index (χ2v) is 15.1. The average molecular weight is 686 g/mol. The molecule has 10 aromatic rings. The first-order chi connectivity index (χ1) is 25.3. The van der Waals surface area contributed by atoms with Crippen LogP contribution in [0.4, 0.5) is 17.1 Å². The zero-order chi connectivity index (χ0) is 33.7. The maximum Gasteiger partial charge on any atom is 0.0468 e. The van der Waals surface area contributed by atoms with Crippen LogP contribution in [0, 0.1) is 0 Å². The highest BCUT2D eigenvalue weighted by atomic mass is 32.1. The van der Waals surface area contributed by atoms with Gasteiger partial charge >= 0.3 is 0 Å². The first-order valence-corrected chi connectivity index (χ1v) is 18.9. The molecule has 1 nitrogen and oxygen atoms in total. The Hall–Kier alpha value is -6.00. The van der Waals surface area contributed by atoms with Crippen LogP contribution in [0.3, 0.4) is 0 Å². The van der Waals surface area contributed by atoms with Crippen molar-refractivity contribution in [1.82, 2.24) is 0 Å². The van der Waals surface area contributed by atoms with Crippen LogP contribution in [0.15, 0.2) is 188 Å². The molecule has 0 unspecified atom stereocenters. The Kier molecular flexibility index (Phi) is 7.26. The number of hydrogen-bond acceptors (Lipinski definition) is 3. The van der Waals surface area contributed by atoms with Gasteiger partial charge in [0.15, 0.2) is 0 Å². The Labute approximate surface area is 304 Å². The summed E-state index contributed by atoms with van der Waals surface area (Å²) in [6, 6.07) is 68.6. The van der Waals surface area contributed by atoms with Crippen molar-refractivity contribution in [3.63, 3.8) is 0 Å². The first-order valence-electron chi connectivity index (χ1n) is 17.2. The summed E-state index contributed by atoms with van der Waals surface area (Å²) in [5.74, 6) is 0. The minimum absolute atomic E-state index is 1.12. The van der Waals surface area contributed by atoms with E-state index in [0.717, 1.165) is 17.1 Å². The number of benzene rings is 8. The molecule has 0 aliphatic heterocycles. The van der Waals surface area contributed by atoms with Crippen molar-refractivity contribution >= 4 is 80.1 Å². The molecular formula is C48H31NS2. The van der Waals surface area contributed by atoms with E-state index in [4.69, 9.17) is 0 Å². The Morgan fingerprint density at radius 1 is 0.294 bits per heavy atom. The predicted molar refractivity (Wildman–Crippen MR) is 223 cm³/mol. The van der Waals surface area contributed by atoms with Crippen LogP contribution in [0.5, 0.6) is 0 Å². The van der Waals surface area contributed by atoms with Crippen molar-refractivity contribution < 1.29 is 0 Å². The minimum atomic E-state index is 1.12. The topological polar surface area (TPSA) is 3.24 Å². The number of fused-ring (bicyclic) bond motifs is 6. The van der Waals surface area contributed by atoms with Gasteiger partial charge in [0.05, 0.1) is 0 Å². The number of thiophene rings is 2. The molecule has 0 saturated carbocycles. The maximum absolute atomic E-state index is 2.39. The molecule has 51 heavy (non-hydrogen) atoms. The monoisotopic (exact) mass is 685 g/mol. The molecule has 0 bridgehead atoms. The van der Waals surface area contributed by atoms with E-state index in [9.17, 15) is 0 Å². The summed E-state index contributed by atoms with van der Waals surface area (Å²) in [4.78, 5) is 2.39. The average Bonchev–Trinajstić information content (AvgIpc) is 3.77. The normalized spacial score (nSPS) is 11.5. The molecule has 2 heterocycles. The molecule has 0 spiro atoms. The van der Waals surface area contributed by atoms with Crippen molar-refractivity contribution in [2.75, 3.05) is 4.90 Å². The molecule has 0 amide bonds. The largest absolute Gasteiger partial charge is 0.310 e. The third-order valence-electron chi connectivity index (χ3n) is 9.91. The molecular weight excluding hydrogens is 655 g/mol. The predicted octanol–water partition coefficient (Wildman–Crippen LogP) is 14.9. The van der Waals surface area contributed by atoms with Gasteiger partial charge in [0.25, 0.3) is 0 Å². The lowest BCUT2D eigenvalue weighted by Gasteiger charge is -2.26. The molecule has 8 aromatic carbocycles. The summed E-state index contributed by atoms with van der Waals surface area (Å²) in [5, 5.41) is 5.25. The minimum Gasteiger partial charge on any atom is -0.310 e. The zero-order valence-corrected chi connectivity index (χ0v) is 29.3. The molecule has 0 N–H and O–H groups in total. The molecule has 0 radical (unpaired) electrons. The van der Waals surface area contributed by atoms with Crippen LogP contribution >= 0.6 is 22.7 Å². The van der Waals surface area contributed by atoms with E-state index in [1.54, 1.807) is 0 Å². The van der Waals surface area contributed by atoms with Gasteiger partial charge in [-0.3, -0.25) is 0 Å². The van der Waals surface area contributed by atoms with Crippen LogP contribution in [-0.2, 0) is 0 Å². The number of rotatable bonds is 6. The summed E-state index contributed by atoms with van der Waals surface area (Å²) in [5.41, 5.74) is 10.8. The quantitative estimate of drug-likeness (QED) is 0.168. The van der Waals surface area contributed by atoms with Gasteiger partial charge in [-0.05, 0) is 88.0 Å². The van der Waals surface area contributed by atoms with E-state index in [-0.39, 0.29) is 0 Å². The van der Waals surface area contributed by atoms with Crippen molar-refractivity contribution in [1.29, 1.82) is 0 Å².